The lowest BCUT2D eigenvalue weighted by atomic mass is 10.1. The van der Waals surface area contributed by atoms with E-state index in [4.69, 9.17) is 11.6 Å². The second-order valence-corrected chi connectivity index (χ2v) is 5.34. The van der Waals surface area contributed by atoms with Gasteiger partial charge >= 0.3 is 0 Å². The van der Waals surface area contributed by atoms with Crippen LogP contribution < -0.4 is 5.32 Å². The van der Waals surface area contributed by atoms with Crippen LogP contribution in [0.2, 0.25) is 5.02 Å². The minimum absolute atomic E-state index is 0.195. The Bertz CT molecular complexity index is 668. The number of anilines is 1. The van der Waals surface area contributed by atoms with Crippen LogP contribution in [0.15, 0.2) is 34.8 Å². The first-order chi connectivity index (χ1) is 9.40. The van der Waals surface area contributed by atoms with E-state index < -0.39 is 17.5 Å². The summed E-state index contributed by atoms with van der Waals surface area (Å²) >= 11 is 9.03. The van der Waals surface area contributed by atoms with Crippen LogP contribution in [0.3, 0.4) is 0 Å². The predicted octanol–water partition coefficient (Wildman–Crippen LogP) is 4.94. The number of nitrogens with one attached hydrogen (secondary N) is 1. The van der Waals surface area contributed by atoms with E-state index in [0.717, 1.165) is 11.6 Å². The van der Waals surface area contributed by atoms with Gasteiger partial charge in [-0.2, -0.15) is 0 Å². The van der Waals surface area contributed by atoms with Gasteiger partial charge in [-0.1, -0.05) is 23.7 Å². The van der Waals surface area contributed by atoms with E-state index in [1.165, 1.54) is 0 Å². The SMILES string of the molecule is Cc1cccc(C(=O)Nc2c(F)cc(F)cc2Cl)c1Br. The summed E-state index contributed by atoms with van der Waals surface area (Å²) in [5.41, 5.74) is 0.958. The Morgan fingerprint density at radius 2 is 2.00 bits per heavy atom. The average Bonchev–Trinajstić information content (AvgIpc) is 2.36. The van der Waals surface area contributed by atoms with Gasteiger partial charge in [0.1, 0.15) is 5.82 Å². The van der Waals surface area contributed by atoms with E-state index in [-0.39, 0.29) is 10.7 Å². The van der Waals surface area contributed by atoms with Crippen molar-refractivity contribution in [1.82, 2.24) is 0 Å². The van der Waals surface area contributed by atoms with Crippen LogP contribution in [0, 0.1) is 18.6 Å². The Morgan fingerprint density at radius 1 is 1.30 bits per heavy atom. The van der Waals surface area contributed by atoms with Crippen LogP contribution in [-0.4, -0.2) is 5.91 Å². The van der Waals surface area contributed by atoms with Gasteiger partial charge in [0.2, 0.25) is 0 Å². The maximum absolute atomic E-state index is 13.6. The topological polar surface area (TPSA) is 29.1 Å². The quantitative estimate of drug-likeness (QED) is 0.807. The zero-order valence-corrected chi connectivity index (χ0v) is 12.6. The summed E-state index contributed by atoms with van der Waals surface area (Å²) in [6.45, 7) is 1.83. The summed E-state index contributed by atoms with van der Waals surface area (Å²) in [7, 11) is 0. The third-order valence-corrected chi connectivity index (χ3v) is 4.03. The summed E-state index contributed by atoms with van der Waals surface area (Å²) in [6, 6.07) is 6.71. The molecule has 2 rings (SSSR count). The zero-order chi connectivity index (χ0) is 14.9. The molecule has 0 heterocycles. The number of aryl methyl sites for hydroxylation is 1. The van der Waals surface area contributed by atoms with Gasteiger partial charge in [0, 0.05) is 10.5 Å². The molecular weight excluding hydrogens is 352 g/mol. The number of halogens is 4. The first-order valence-corrected chi connectivity index (χ1v) is 6.78. The van der Waals surface area contributed by atoms with E-state index >= 15 is 0 Å². The Hall–Kier alpha value is -1.46. The van der Waals surface area contributed by atoms with E-state index in [0.29, 0.717) is 16.1 Å². The molecule has 0 unspecified atom stereocenters. The number of hydrogen-bond acceptors (Lipinski definition) is 1. The standard InChI is InChI=1S/C14H9BrClF2NO/c1-7-3-2-4-9(12(7)15)14(20)19-13-10(16)5-8(17)6-11(13)18/h2-6H,1H3,(H,19,20). The van der Waals surface area contributed by atoms with Crippen molar-refractivity contribution in [3.63, 3.8) is 0 Å². The number of carbonyl (C=O) groups excluding carboxylic acids is 1. The van der Waals surface area contributed by atoms with Gasteiger partial charge in [-0.25, -0.2) is 8.78 Å². The summed E-state index contributed by atoms with van der Waals surface area (Å²) in [5.74, 6) is -2.26. The number of hydrogen-bond donors (Lipinski definition) is 1. The smallest absolute Gasteiger partial charge is 0.256 e. The van der Waals surface area contributed by atoms with Crippen LogP contribution in [0.25, 0.3) is 0 Å². The molecule has 2 aromatic carbocycles. The van der Waals surface area contributed by atoms with Crippen molar-refractivity contribution < 1.29 is 13.6 Å². The molecular formula is C14H9BrClF2NO. The molecule has 0 bridgehead atoms. The monoisotopic (exact) mass is 359 g/mol. The van der Waals surface area contributed by atoms with Gasteiger partial charge in [-0.3, -0.25) is 4.79 Å². The predicted molar refractivity (Wildman–Crippen MR) is 78.2 cm³/mol. The number of rotatable bonds is 2. The highest BCUT2D eigenvalue weighted by Crippen LogP contribution is 2.28. The van der Waals surface area contributed by atoms with Crippen LogP contribution >= 0.6 is 27.5 Å². The van der Waals surface area contributed by atoms with Gasteiger partial charge in [-0.05, 0) is 40.5 Å². The molecule has 2 nitrogen and oxygen atoms in total. The van der Waals surface area contributed by atoms with Crippen LogP contribution in [0.5, 0.6) is 0 Å². The summed E-state index contributed by atoms with van der Waals surface area (Å²) < 4.78 is 27.2. The molecule has 20 heavy (non-hydrogen) atoms. The van der Waals surface area contributed by atoms with Gasteiger partial charge in [-0.15, -0.1) is 0 Å². The maximum Gasteiger partial charge on any atom is 0.256 e. The molecule has 0 aliphatic rings. The summed E-state index contributed by atoms with van der Waals surface area (Å²) in [5, 5.41) is 2.15. The molecule has 0 saturated carbocycles. The van der Waals surface area contributed by atoms with Gasteiger partial charge in [0.05, 0.1) is 16.3 Å². The van der Waals surface area contributed by atoms with Crippen LogP contribution in [0.4, 0.5) is 14.5 Å². The molecule has 6 heteroatoms. The first kappa shape index (κ1) is 14.9. The number of carbonyl (C=O) groups is 1. The molecule has 0 atom stereocenters. The van der Waals surface area contributed by atoms with Gasteiger partial charge in [0.15, 0.2) is 5.82 Å². The third-order valence-electron chi connectivity index (χ3n) is 2.68. The van der Waals surface area contributed by atoms with Crippen molar-refractivity contribution in [2.45, 2.75) is 6.92 Å². The highest BCUT2D eigenvalue weighted by molar-refractivity contribution is 9.10. The van der Waals surface area contributed by atoms with Crippen molar-refractivity contribution in [2.24, 2.45) is 0 Å². The van der Waals surface area contributed by atoms with Crippen LogP contribution in [0.1, 0.15) is 15.9 Å². The number of benzene rings is 2. The first-order valence-electron chi connectivity index (χ1n) is 5.61. The Kier molecular flexibility index (Phi) is 4.40. The lowest BCUT2D eigenvalue weighted by Crippen LogP contribution is -2.14. The normalized spacial score (nSPS) is 10.4. The van der Waals surface area contributed by atoms with Gasteiger partial charge in [0.25, 0.3) is 5.91 Å². The van der Waals surface area contributed by atoms with E-state index in [2.05, 4.69) is 21.2 Å². The van der Waals surface area contributed by atoms with Crippen molar-refractivity contribution in [2.75, 3.05) is 5.32 Å². The molecule has 104 valence electrons. The molecule has 1 amide bonds. The summed E-state index contributed by atoms with van der Waals surface area (Å²) in [4.78, 5) is 12.1. The lowest BCUT2D eigenvalue weighted by molar-refractivity contribution is 0.102. The Labute approximate surface area is 127 Å². The molecule has 0 aromatic heterocycles. The molecule has 0 fully saturated rings. The maximum atomic E-state index is 13.6. The lowest BCUT2D eigenvalue weighted by Gasteiger charge is -2.10. The fraction of sp³-hybridized carbons (Fsp3) is 0.0714. The Balaban J connectivity index is 2.36. The minimum atomic E-state index is -0.924. The van der Waals surface area contributed by atoms with Gasteiger partial charge < -0.3 is 5.32 Å². The summed E-state index contributed by atoms with van der Waals surface area (Å²) in [6.07, 6.45) is 0. The largest absolute Gasteiger partial charge is 0.318 e. The van der Waals surface area contributed by atoms with E-state index in [1.807, 2.05) is 13.0 Å². The highest BCUT2D eigenvalue weighted by Gasteiger charge is 2.16. The fourth-order valence-electron chi connectivity index (χ4n) is 1.67. The van der Waals surface area contributed by atoms with Crippen molar-refractivity contribution in [3.8, 4) is 0 Å². The molecule has 0 spiro atoms. The van der Waals surface area contributed by atoms with E-state index in [1.54, 1.807) is 12.1 Å². The van der Waals surface area contributed by atoms with E-state index in [9.17, 15) is 13.6 Å². The van der Waals surface area contributed by atoms with Crippen molar-refractivity contribution >= 4 is 39.1 Å². The average molecular weight is 361 g/mol. The molecule has 0 saturated heterocycles. The number of amides is 1. The fourth-order valence-corrected chi connectivity index (χ4v) is 2.35. The molecule has 0 aliphatic heterocycles. The van der Waals surface area contributed by atoms with Crippen LogP contribution in [-0.2, 0) is 0 Å². The minimum Gasteiger partial charge on any atom is -0.318 e. The zero-order valence-electron chi connectivity index (χ0n) is 10.3. The molecule has 0 radical (unpaired) electrons. The highest BCUT2D eigenvalue weighted by atomic mass is 79.9. The second-order valence-electron chi connectivity index (χ2n) is 4.14. The molecule has 0 aliphatic carbocycles. The second kappa shape index (κ2) is 5.89. The molecule has 1 N–H and O–H groups in total. The van der Waals surface area contributed by atoms with Crippen molar-refractivity contribution in [1.29, 1.82) is 0 Å². The van der Waals surface area contributed by atoms with Crippen molar-refractivity contribution in [3.05, 3.63) is 62.6 Å². The third kappa shape index (κ3) is 2.99. The molecule has 2 aromatic rings. The Morgan fingerprint density at radius 3 is 2.65 bits per heavy atom.